The molecule has 2 aromatic heterocycles. The summed E-state index contributed by atoms with van der Waals surface area (Å²) in [7, 11) is 0. The SMILES string of the molecule is Cc1c2[nH]c3ccccc3c2cc[n+]1CC(=O)c1ccc2ccccc2c1.[Br-]. The van der Waals surface area contributed by atoms with Crippen molar-refractivity contribution in [1.82, 2.24) is 4.98 Å². The zero-order valence-electron chi connectivity index (χ0n) is 15.4. The predicted molar refractivity (Wildman–Crippen MR) is 109 cm³/mol. The van der Waals surface area contributed by atoms with E-state index in [2.05, 4.69) is 42.2 Å². The molecule has 138 valence electrons. The number of benzene rings is 3. The number of aromatic amines is 1. The maximum atomic E-state index is 12.9. The maximum Gasteiger partial charge on any atom is 0.227 e. The highest BCUT2D eigenvalue weighted by Crippen LogP contribution is 2.25. The standard InChI is InChI=1S/C24H18N2O.BrH/c1-16-24-21(20-8-4-5-9-22(20)25-24)12-13-26(16)15-23(27)19-11-10-17-6-2-3-7-18(17)14-19;/h2-14H,15H2,1H3;1H. The van der Waals surface area contributed by atoms with E-state index in [1.54, 1.807) is 0 Å². The first-order valence-corrected chi connectivity index (χ1v) is 9.12. The van der Waals surface area contributed by atoms with Gasteiger partial charge in [0.2, 0.25) is 18.0 Å². The quantitative estimate of drug-likeness (QED) is 0.344. The molecule has 0 fully saturated rings. The number of rotatable bonds is 3. The van der Waals surface area contributed by atoms with Gasteiger partial charge in [0.25, 0.3) is 0 Å². The van der Waals surface area contributed by atoms with Crippen molar-refractivity contribution in [2.45, 2.75) is 13.5 Å². The largest absolute Gasteiger partial charge is 1.00 e. The van der Waals surface area contributed by atoms with Gasteiger partial charge in [-0.3, -0.25) is 4.79 Å². The van der Waals surface area contributed by atoms with Crippen LogP contribution in [0.5, 0.6) is 0 Å². The molecule has 0 saturated heterocycles. The molecule has 0 spiro atoms. The Morgan fingerprint density at radius 2 is 1.64 bits per heavy atom. The van der Waals surface area contributed by atoms with Crippen molar-refractivity contribution in [3.63, 3.8) is 0 Å². The average Bonchev–Trinajstić information content (AvgIpc) is 3.09. The van der Waals surface area contributed by atoms with Crippen LogP contribution in [-0.2, 0) is 6.54 Å². The number of fused-ring (bicyclic) bond motifs is 4. The number of nitrogens with zero attached hydrogens (tertiary/aromatic N) is 1. The van der Waals surface area contributed by atoms with Crippen LogP contribution in [0.15, 0.2) is 79.0 Å². The summed E-state index contributed by atoms with van der Waals surface area (Å²) in [6, 6.07) is 24.4. The Morgan fingerprint density at radius 3 is 2.50 bits per heavy atom. The van der Waals surface area contributed by atoms with Gasteiger partial charge in [0.05, 0.1) is 0 Å². The van der Waals surface area contributed by atoms with E-state index in [0.717, 1.165) is 33.1 Å². The van der Waals surface area contributed by atoms with Gasteiger partial charge in [-0.25, -0.2) is 0 Å². The normalized spacial score (nSPS) is 11.0. The van der Waals surface area contributed by atoms with Crippen molar-refractivity contribution >= 4 is 38.4 Å². The third-order valence-corrected chi connectivity index (χ3v) is 5.35. The molecule has 0 amide bonds. The Kier molecular flexibility index (Phi) is 4.73. The minimum atomic E-state index is 0. The van der Waals surface area contributed by atoms with Crippen molar-refractivity contribution in [1.29, 1.82) is 0 Å². The molecule has 5 rings (SSSR count). The number of H-pyrrole nitrogens is 1. The summed E-state index contributed by atoms with van der Waals surface area (Å²) in [5.41, 5.74) is 4.02. The number of pyridine rings is 1. The molecular weight excluding hydrogens is 412 g/mol. The number of halogens is 1. The lowest BCUT2D eigenvalue weighted by molar-refractivity contribution is -0.687. The van der Waals surface area contributed by atoms with E-state index in [1.165, 1.54) is 10.8 Å². The van der Waals surface area contributed by atoms with Gasteiger partial charge in [-0.2, -0.15) is 4.57 Å². The smallest absolute Gasteiger partial charge is 0.227 e. The third-order valence-electron chi connectivity index (χ3n) is 5.35. The maximum absolute atomic E-state index is 12.9. The molecular formula is C24H19BrN2O. The number of hydrogen-bond acceptors (Lipinski definition) is 1. The summed E-state index contributed by atoms with van der Waals surface area (Å²) >= 11 is 0. The van der Waals surface area contributed by atoms with Crippen molar-refractivity contribution in [3.8, 4) is 0 Å². The van der Waals surface area contributed by atoms with E-state index in [4.69, 9.17) is 0 Å². The Morgan fingerprint density at radius 1 is 0.893 bits per heavy atom. The van der Waals surface area contributed by atoms with Crippen molar-refractivity contribution in [2.24, 2.45) is 0 Å². The van der Waals surface area contributed by atoms with Crippen LogP contribution < -0.4 is 21.5 Å². The van der Waals surface area contributed by atoms with E-state index < -0.39 is 0 Å². The van der Waals surface area contributed by atoms with Crippen LogP contribution in [-0.4, -0.2) is 10.8 Å². The highest BCUT2D eigenvalue weighted by atomic mass is 79.9. The van der Waals surface area contributed by atoms with E-state index >= 15 is 0 Å². The van der Waals surface area contributed by atoms with Gasteiger partial charge in [0.15, 0.2) is 6.20 Å². The molecule has 4 heteroatoms. The van der Waals surface area contributed by atoms with Crippen LogP contribution in [0.4, 0.5) is 0 Å². The number of carbonyl (C=O) groups excluding carboxylic acids is 1. The van der Waals surface area contributed by atoms with Crippen LogP contribution in [0.1, 0.15) is 16.1 Å². The molecule has 0 bridgehead atoms. The van der Waals surface area contributed by atoms with Gasteiger partial charge in [0, 0.05) is 34.8 Å². The molecule has 2 heterocycles. The number of ketones is 1. The number of hydrogen-bond donors (Lipinski definition) is 1. The number of carbonyl (C=O) groups is 1. The molecule has 0 aliphatic heterocycles. The molecule has 0 aliphatic rings. The molecule has 5 aromatic rings. The lowest BCUT2D eigenvalue weighted by Crippen LogP contribution is -3.00. The lowest BCUT2D eigenvalue weighted by atomic mass is 10.0. The highest BCUT2D eigenvalue weighted by molar-refractivity contribution is 6.07. The summed E-state index contributed by atoms with van der Waals surface area (Å²) < 4.78 is 2.02. The van der Waals surface area contributed by atoms with E-state index in [-0.39, 0.29) is 22.8 Å². The molecule has 1 N–H and O–H groups in total. The average molecular weight is 431 g/mol. The molecule has 3 nitrogen and oxygen atoms in total. The Hall–Kier alpha value is -2.98. The number of Topliss-reactive ketones (excluding diaryl/α,β-unsaturated/α-hetero) is 1. The molecule has 0 saturated carbocycles. The molecule has 0 atom stereocenters. The molecule has 0 unspecified atom stereocenters. The first kappa shape index (κ1) is 18.4. The van der Waals surface area contributed by atoms with Gasteiger partial charge in [-0.1, -0.05) is 54.6 Å². The topological polar surface area (TPSA) is 36.7 Å². The number of nitrogens with one attached hydrogen (secondary N) is 1. The Balaban J connectivity index is 0.00000192. The highest BCUT2D eigenvalue weighted by Gasteiger charge is 2.19. The van der Waals surface area contributed by atoms with Gasteiger partial charge in [-0.15, -0.1) is 0 Å². The van der Waals surface area contributed by atoms with Crippen LogP contribution in [0.25, 0.3) is 32.6 Å². The number of aromatic nitrogens is 2. The summed E-state index contributed by atoms with van der Waals surface area (Å²) in [4.78, 5) is 16.4. The van der Waals surface area contributed by atoms with Gasteiger partial charge in [0.1, 0.15) is 5.52 Å². The predicted octanol–water partition coefficient (Wildman–Crippen LogP) is 1.96. The van der Waals surface area contributed by atoms with Crippen LogP contribution >= 0.6 is 0 Å². The fourth-order valence-corrected chi connectivity index (χ4v) is 3.82. The third kappa shape index (κ3) is 3.00. The monoisotopic (exact) mass is 430 g/mol. The van der Waals surface area contributed by atoms with Crippen molar-refractivity contribution < 1.29 is 26.3 Å². The zero-order chi connectivity index (χ0) is 18.4. The molecule has 28 heavy (non-hydrogen) atoms. The van der Waals surface area contributed by atoms with Gasteiger partial charge < -0.3 is 22.0 Å². The van der Waals surface area contributed by atoms with Crippen molar-refractivity contribution in [2.75, 3.05) is 0 Å². The summed E-state index contributed by atoms with van der Waals surface area (Å²) in [5, 5.41) is 4.65. The minimum Gasteiger partial charge on any atom is -1.00 e. The lowest BCUT2D eigenvalue weighted by Gasteiger charge is -2.04. The fourth-order valence-electron chi connectivity index (χ4n) is 3.82. The molecule has 3 aromatic carbocycles. The van der Waals surface area contributed by atoms with E-state index in [1.807, 2.05) is 53.2 Å². The van der Waals surface area contributed by atoms with Crippen LogP contribution in [0.2, 0.25) is 0 Å². The summed E-state index contributed by atoms with van der Waals surface area (Å²) in [6.45, 7) is 2.39. The summed E-state index contributed by atoms with van der Waals surface area (Å²) in [6.07, 6.45) is 2.01. The Bertz CT molecular complexity index is 1340. The second kappa shape index (κ2) is 7.21. The second-order valence-corrected chi connectivity index (χ2v) is 6.97. The number of aryl methyl sites for hydroxylation is 1. The van der Waals surface area contributed by atoms with E-state index in [0.29, 0.717) is 6.54 Å². The van der Waals surface area contributed by atoms with E-state index in [9.17, 15) is 4.79 Å². The van der Waals surface area contributed by atoms with Crippen molar-refractivity contribution in [3.05, 3.63) is 90.3 Å². The first-order chi connectivity index (χ1) is 13.2. The van der Waals surface area contributed by atoms with Gasteiger partial charge >= 0.3 is 0 Å². The first-order valence-electron chi connectivity index (χ1n) is 9.12. The second-order valence-electron chi connectivity index (χ2n) is 6.97. The number of para-hydroxylation sites is 1. The zero-order valence-corrected chi connectivity index (χ0v) is 17.0. The fraction of sp³-hybridized carbons (Fsp3) is 0.0833. The Labute approximate surface area is 173 Å². The summed E-state index contributed by atoms with van der Waals surface area (Å²) in [5.74, 6) is 0.115. The molecule has 0 radical (unpaired) electrons. The van der Waals surface area contributed by atoms with Gasteiger partial charge in [-0.05, 0) is 22.9 Å². The van der Waals surface area contributed by atoms with Crippen LogP contribution in [0.3, 0.4) is 0 Å². The molecule has 0 aliphatic carbocycles. The minimum absolute atomic E-state index is 0. The van der Waals surface area contributed by atoms with Crippen LogP contribution in [0, 0.1) is 6.92 Å².